The van der Waals surface area contributed by atoms with Gasteiger partial charge >= 0.3 is 0 Å². The van der Waals surface area contributed by atoms with Crippen molar-refractivity contribution in [2.75, 3.05) is 31.2 Å². The summed E-state index contributed by atoms with van der Waals surface area (Å²) in [6, 6.07) is 6.94. The lowest BCUT2D eigenvalue weighted by Crippen LogP contribution is -2.37. The fourth-order valence-corrected chi connectivity index (χ4v) is 2.85. The van der Waals surface area contributed by atoms with E-state index in [2.05, 4.69) is 9.88 Å². The van der Waals surface area contributed by atoms with Crippen LogP contribution < -0.4 is 4.90 Å². The maximum absolute atomic E-state index is 11.1. The number of fused-ring (bicyclic) bond motifs is 1. The number of phenols is 1. The van der Waals surface area contributed by atoms with Gasteiger partial charge in [0.05, 0.1) is 18.9 Å². The average molecular weight is 324 g/mol. The van der Waals surface area contributed by atoms with Crippen LogP contribution in [0.3, 0.4) is 0 Å². The molecule has 0 unspecified atom stereocenters. The number of phenolic OH excluding ortho intramolecular Hbond substituents is 1. The predicted molar refractivity (Wildman–Crippen MR) is 88.5 cm³/mol. The van der Waals surface area contributed by atoms with Crippen molar-refractivity contribution < 1.29 is 14.6 Å². The highest BCUT2D eigenvalue weighted by Crippen LogP contribution is 2.27. The van der Waals surface area contributed by atoms with Gasteiger partial charge in [0.15, 0.2) is 17.8 Å². The number of nitrogens with zero attached hydrogens (tertiary/aromatic N) is 4. The number of hydrogen-bond donors (Lipinski definition) is 1. The third-order valence-corrected chi connectivity index (χ3v) is 4.01. The first kappa shape index (κ1) is 14.6. The van der Waals surface area contributed by atoms with Crippen molar-refractivity contribution in [2.24, 2.45) is 0 Å². The van der Waals surface area contributed by atoms with Crippen molar-refractivity contribution in [3.8, 4) is 17.0 Å². The van der Waals surface area contributed by atoms with Crippen molar-refractivity contribution in [1.29, 1.82) is 0 Å². The largest absolute Gasteiger partial charge is 0.508 e. The van der Waals surface area contributed by atoms with Crippen LogP contribution >= 0.6 is 0 Å². The monoisotopic (exact) mass is 324 g/mol. The minimum absolute atomic E-state index is 0.182. The number of aromatic nitrogens is 3. The average Bonchev–Trinajstić information content (AvgIpc) is 3.05. The van der Waals surface area contributed by atoms with Gasteiger partial charge in [0.25, 0.3) is 0 Å². The van der Waals surface area contributed by atoms with Crippen LogP contribution in [0.15, 0.2) is 36.7 Å². The molecule has 1 aliphatic heterocycles. The zero-order valence-corrected chi connectivity index (χ0v) is 12.9. The molecule has 0 spiro atoms. The quantitative estimate of drug-likeness (QED) is 0.739. The van der Waals surface area contributed by atoms with E-state index in [0.29, 0.717) is 36.1 Å². The Kier molecular flexibility index (Phi) is 3.62. The van der Waals surface area contributed by atoms with Crippen LogP contribution in [-0.4, -0.2) is 52.1 Å². The van der Waals surface area contributed by atoms with Gasteiger partial charge < -0.3 is 19.1 Å². The summed E-state index contributed by atoms with van der Waals surface area (Å²) in [5.41, 5.74) is 2.50. The van der Waals surface area contributed by atoms with Crippen molar-refractivity contribution in [3.63, 3.8) is 0 Å². The maximum atomic E-state index is 11.1. The van der Waals surface area contributed by atoms with Gasteiger partial charge in [0.2, 0.25) is 0 Å². The molecule has 0 amide bonds. The van der Waals surface area contributed by atoms with Crippen LogP contribution in [0.1, 0.15) is 10.5 Å². The van der Waals surface area contributed by atoms with Crippen LogP contribution in [0.25, 0.3) is 16.9 Å². The molecule has 0 atom stereocenters. The van der Waals surface area contributed by atoms with Crippen LogP contribution in [0.4, 0.5) is 5.82 Å². The number of ether oxygens (including phenoxy) is 1. The molecule has 0 radical (unpaired) electrons. The molecule has 1 saturated heterocycles. The number of rotatable bonds is 3. The van der Waals surface area contributed by atoms with Gasteiger partial charge in [-0.1, -0.05) is 12.1 Å². The van der Waals surface area contributed by atoms with Crippen molar-refractivity contribution >= 4 is 17.8 Å². The number of carbonyl (C=O) groups excluding carboxylic acids is 1. The first-order valence-corrected chi connectivity index (χ1v) is 7.71. The molecule has 1 N–H and O–H groups in total. The summed E-state index contributed by atoms with van der Waals surface area (Å²) in [5.74, 6) is 0.897. The predicted octanol–water partition coefficient (Wildman–Crippen LogP) is 1.75. The van der Waals surface area contributed by atoms with Crippen LogP contribution in [0.2, 0.25) is 0 Å². The number of aldehydes is 1. The van der Waals surface area contributed by atoms with E-state index in [-0.39, 0.29) is 5.75 Å². The van der Waals surface area contributed by atoms with Crippen LogP contribution in [-0.2, 0) is 4.74 Å². The molecule has 2 aromatic heterocycles. The molecule has 0 aliphatic carbocycles. The third-order valence-electron chi connectivity index (χ3n) is 4.01. The number of carbonyl (C=O) groups is 1. The Morgan fingerprint density at radius 1 is 1.17 bits per heavy atom. The summed E-state index contributed by atoms with van der Waals surface area (Å²) in [4.78, 5) is 22.3. The van der Waals surface area contributed by atoms with E-state index in [1.54, 1.807) is 28.8 Å². The summed E-state index contributed by atoms with van der Waals surface area (Å²) in [6.45, 7) is 2.70. The van der Waals surface area contributed by atoms with Gasteiger partial charge in [-0.2, -0.15) is 0 Å². The molecule has 0 saturated carbocycles. The summed E-state index contributed by atoms with van der Waals surface area (Å²) in [7, 11) is 0. The van der Waals surface area contributed by atoms with Gasteiger partial charge in [-0.25, -0.2) is 9.97 Å². The molecule has 1 aliphatic rings. The topological polar surface area (TPSA) is 80.0 Å². The van der Waals surface area contributed by atoms with Crippen molar-refractivity contribution in [1.82, 2.24) is 14.4 Å². The van der Waals surface area contributed by atoms with Crippen LogP contribution in [0.5, 0.6) is 5.75 Å². The van der Waals surface area contributed by atoms with Gasteiger partial charge in [-0.05, 0) is 12.1 Å². The molecule has 1 fully saturated rings. The molecule has 3 heterocycles. The zero-order valence-electron chi connectivity index (χ0n) is 12.9. The molecule has 24 heavy (non-hydrogen) atoms. The van der Waals surface area contributed by atoms with Gasteiger partial charge in [-0.3, -0.25) is 4.79 Å². The highest BCUT2D eigenvalue weighted by molar-refractivity contribution is 5.77. The number of benzene rings is 1. The molecule has 7 heteroatoms. The Hall–Kier alpha value is -2.93. The Morgan fingerprint density at radius 3 is 2.75 bits per heavy atom. The normalized spacial score (nSPS) is 14.9. The molecule has 1 aromatic carbocycles. The van der Waals surface area contributed by atoms with E-state index >= 15 is 0 Å². The smallest absolute Gasteiger partial charge is 0.181 e. The first-order valence-electron chi connectivity index (χ1n) is 7.71. The van der Waals surface area contributed by atoms with E-state index in [1.165, 1.54) is 0 Å². The molecule has 0 bridgehead atoms. The minimum Gasteiger partial charge on any atom is -0.508 e. The Balaban J connectivity index is 1.90. The molecular formula is C17H16N4O3. The van der Waals surface area contributed by atoms with Gasteiger partial charge in [-0.15, -0.1) is 0 Å². The number of morpholine rings is 1. The number of anilines is 1. The van der Waals surface area contributed by atoms with E-state index in [9.17, 15) is 9.90 Å². The van der Waals surface area contributed by atoms with Gasteiger partial charge in [0.1, 0.15) is 11.4 Å². The Morgan fingerprint density at radius 2 is 2.00 bits per heavy atom. The maximum Gasteiger partial charge on any atom is 0.181 e. The Labute approximate surface area is 138 Å². The highest BCUT2D eigenvalue weighted by atomic mass is 16.5. The summed E-state index contributed by atoms with van der Waals surface area (Å²) in [5, 5.41) is 9.73. The SMILES string of the molecule is O=Cc1cn2cc(-c3cccc(O)c3)nc(N3CCOCC3)c2n1. The van der Waals surface area contributed by atoms with Crippen LogP contribution in [0, 0.1) is 0 Å². The second-order valence-corrected chi connectivity index (χ2v) is 5.61. The Bertz CT molecular complexity index is 900. The zero-order chi connectivity index (χ0) is 16.5. The summed E-state index contributed by atoms with van der Waals surface area (Å²) >= 11 is 0. The minimum atomic E-state index is 0.182. The second kappa shape index (κ2) is 5.93. The molecule has 4 rings (SSSR count). The standard InChI is InChI=1S/C17H16N4O3/c22-11-13-9-21-10-15(12-2-1-3-14(23)8-12)19-17(16(21)18-13)20-4-6-24-7-5-20/h1-3,8-11,23H,4-7H2. The van der Waals surface area contributed by atoms with Crippen molar-refractivity contribution in [3.05, 3.63) is 42.4 Å². The first-order chi connectivity index (χ1) is 11.7. The van der Waals surface area contributed by atoms with Crippen molar-refractivity contribution in [2.45, 2.75) is 0 Å². The lowest BCUT2D eigenvalue weighted by Gasteiger charge is -2.28. The second-order valence-electron chi connectivity index (χ2n) is 5.61. The number of aromatic hydroxyl groups is 1. The highest BCUT2D eigenvalue weighted by Gasteiger charge is 2.19. The lowest BCUT2D eigenvalue weighted by molar-refractivity contribution is 0.111. The van der Waals surface area contributed by atoms with E-state index in [4.69, 9.17) is 9.72 Å². The fourth-order valence-electron chi connectivity index (χ4n) is 2.85. The van der Waals surface area contributed by atoms with E-state index < -0.39 is 0 Å². The van der Waals surface area contributed by atoms with E-state index in [1.807, 2.05) is 12.3 Å². The van der Waals surface area contributed by atoms with E-state index in [0.717, 1.165) is 24.9 Å². The van der Waals surface area contributed by atoms with Gasteiger partial charge in [0, 0.05) is 31.0 Å². The summed E-state index contributed by atoms with van der Waals surface area (Å²) < 4.78 is 7.21. The fraction of sp³-hybridized carbons (Fsp3) is 0.235. The number of imidazole rings is 1. The lowest BCUT2D eigenvalue weighted by atomic mass is 10.1. The number of hydrogen-bond acceptors (Lipinski definition) is 6. The molecule has 3 aromatic rings. The summed E-state index contributed by atoms with van der Waals surface area (Å²) in [6.07, 6.45) is 4.22. The molecule has 7 nitrogen and oxygen atoms in total. The third kappa shape index (κ3) is 2.59. The molecular weight excluding hydrogens is 308 g/mol. The molecule has 122 valence electrons.